The van der Waals surface area contributed by atoms with Gasteiger partial charge in [0.05, 0.1) is 12.8 Å². The second-order valence-electron chi connectivity index (χ2n) is 3.56. The monoisotopic (exact) mass is 259 g/mol. The average Bonchev–Trinajstić information content (AvgIpc) is 2.75. The van der Waals surface area contributed by atoms with E-state index >= 15 is 0 Å². The van der Waals surface area contributed by atoms with Gasteiger partial charge in [0, 0.05) is 26.7 Å². The standard InChI is InChI=1S/C10H17N3O3S/c1-13(5-6-16-2)4-3-11-10-12-7-8(17-10)9(14)15/h7H,3-6H2,1-2H3,(H,11,12)(H,14,15). The third-order valence-corrected chi connectivity index (χ3v) is 3.11. The summed E-state index contributed by atoms with van der Waals surface area (Å²) in [7, 11) is 3.68. The van der Waals surface area contributed by atoms with Crippen LogP contribution in [0.25, 0.3) is 0 Å². The van der Waals surface area contributed by atoms with Gasteiger partial charge in [-0.15, -0.1) is 0 Å². The number of carbonyl (C=O) groups is 1. The molecule has 1 heterocycles. The Morgan fingerprint density at radius 2 is 2.41 bits per heavy atom. The molecular formula is C10H17N3O3S. The Hall–Kier alpha value is -1.18. The lowest BCUT2D eigenvalue weighted by atomic mass is 10.5. The maximum Gasteiger partial charge on any atom is 0.347 e. The number of aromatic carboxylic acids is 1. The summed E-state index contributed by atoms with van der Waals surface area (Å²) in [6.07, 6.45) is 1.37. The van der Waals surface area contributed by atoms with Crippen molar-refractivity contribution in [3.8, 4) is 0 Å². The van der Waals surface area contributed by atoms with Gasteiger partial charge >= 0.3 is 5.97 Å². The Bertz CT molecular complexity index is 356. The number of carboxylic acid groups (broad SMARTS) is 1. The first-order valence-corrected chi connectivity index (χ1v) is 6.05. The van der Waals surface area contributed by atoms with Crippen LogP contribution in [0.15, 0.2) is 6.20 Å². The lowest BCUT2D eigenvalue weighted by Gasteiger charge is -2.15. The van der Waals surface area contributed by atoms with Crippen molar-refractivity contribution in [3.05, 3.63) is 11.1 Å². The number of hydrogen-bond donors (Lipinski definition) is 2. The molecule has 7 heteroatoms. The first kappa shape index (κ1) is 13.9. The first-order chi connectivity index (χ1) is 8.13. The highest BCUT2D eigenvalue weighted by molar-refractivity contribution is 7.17. The number of rotatable bonds is 8. The molecule has 1 aromatic heterocycles. The van der Waals surface area contributed by atoms with Crippen LogP contribution in [0.3, 0.4) is 0 Å². The van der Waals surface area contributed by atoms with Crippen LogP contribution in [-0.2, 0) is 4.74 Å². The Labute approximate surface area is 104 Å². The predicted octanol–water partition coefficient (Wildman–Crippen LogP) is 0.831. The molecular weight excluding hydrogens is 242 g/mol. The van der Waals surface area contributed by atoms with Crippen LogP contribution in [0.5, 0.6) is 0 Å². The van der Waals surface area contributed by atoms with Gasteiger partial charge in [-0.1, -0.05) is 11.3 Å². The zero-order chi connectivity index (χ0) is 12.7. The molecule has 0 fully saturated rings. The van der Waals surface area contributed by atoms with Crippen molar-refractivity contribution in [2.24, 2.45) is 0 Å². The van der Waals surface area contributed by atoms with Crippen LogP contribution in [0.2, 0.25) is 0 Å². The summed E-state index contributed by atoms with van der Waals surface area (Å²) in [5, 5.41) is 12.5. The molecule has 0 radical (unpaired) electrons. The van der Waals surface area contributed by atoms with E-state index in [0.29, 0.717) is 11.7 Å². The van der Waals surface area contributed by atoms with Crippen molar-refractivity contribution in [2.45, 2.75) is 0 Å². The molecule has 6 nitrogen and oxygen atoms in total. The summed E-state index contributed by atoms with van der Waals surface area (Å²) in [4.78, 5) is 17.0. The molecule has 0 bridgehead atoms. The first-order valence-electron chi connectivity index (χ1n) is 5.24. The lowest BCUT2D eigenvalue weighted by molar-refractivity contribution is 0.0702. The van der Waals surface area contributed by atoms with Gasteiger partial charge in [-0.05, 0) is 7.05 Å². The summed E-state index contributed by atoms with van der Waals surface area (Å²) >= 11 is 1.15. The van der Waals surface area contributed by atoms with E-state index in [1.807, 2.05) is 7.05 Å². The number of methoxy groups -OCH3 is 1. The number of carboxylic acids is 1. The maximum atomic E-state index is 10.6. The topological polar surface area (TPSA) is 74.7 Å². The maximum absolute atomic E-state index is 10.6. The second kappa shape index (κ2) is 7.21. The van der Waals surface area contributed by atoms with E-state index in [1.54, 1.807) is 7.11 Å². The van der Waals surface area contributed by atoms with E-state index in [1.165, 1.54) is 6.20 Å². The van der Waals surface area contributed by atoms with E-state index < -0.39 is 5.97 Å². The quantitative estimate of drug-likeness (QED) is 0.720. The van der Waals surface area contributed by atoms with Gasteiger partial charge in [0.1, 0.15) is 4.88 Å². The van der Waals surface area contributed by atoms with Crippen LogP contribution in [0, 0.1) is 0 Å². The van der Waals surface area contributed by atoms with Crippen molar-refractivity contribution < 1.29 is 14.6 Å². The SMILES string of the molecule is COCCN(C)CCNc1ncc(C(=O)O)s1. The molecule has 0 saturated carbocycles. The van der Waals surface area contributed by atoms with E-state index in [-0.39, 0.29) is 4.88 Å². The minimum Gasteiger partial charge on any atom is -0.477 e. The molecule has 1 rings (SSSR count). The predicted molar refractivity (Wildman–Crippen MR) is 66.9 cm³/mol. The fraction of sp³-hybridized carbons (Fsp3) is 0.600. The van der Waals surface area contributed by atoms with Gasteiger partial charge < -0.3 is 20.1 Å². The number of nitrogens with zero attached hydrogens (tertiary/aromatic N) is 2. The van der Waals surface area contributed by atoms with Gasteiger partial charge in [0.2, 0.25) is 0 Å². The Morgan fingerprint density at radius 1 is 1.65 bits per heavy atom. The summed E-state index contributed by atoms with van der Waals surface area (Å²) in [5.41, 5.74) is 0. The molecule has 0 saturated heterocycles. The van der Waals surface area contributed by atoms with E-state index in [0.717, 1.165) is 31.0 Å². The number of anilines is 1. The zero-order valence-electron chi connectivity index (χ0n) is 9.97. The average molecular weight is 259 g/mol. The number of aromatic nitrogens is 1. The summed E-state index contributed by atoms with van der Waals surface area (Å²) in [6.45, 7) is 3.16. The second-order valence-corrected chi connectivity index (χ2v) is 4.59. The van der Waals surface area contributed by atoms with Gasteiger partial charge in [-0.25, -0.2) is 9.78 Å². The fourth-order valence-electron chi connectivity index (χ4n) is 1.17. The van der Waals surface area contributed by atoms with Gasteiger partial charge in [0.25, 0.3) is 0 Å². The third kappa shape index (κ3) is 5.12. The summed E-state index contributed by atoms with van der Waals surface area (Å²) < 4.78 is 4.97. The summed E-state index contributed by atoms with van der Waals surface area (Å²) in [5.74, 6) is -0.937. The van der Waals surface area contributed by atoms with Crippen LogP contribution >= 0.6 is 11.3 Å². The highest BCUT2D eigenvalue weighted by atomic mass is 32.1. The van der Waals surface area contributed by atoms with E-state index in [4.69, 9.17) is 9.84 Å². The van der Waals surface area contributed by atoms with Crippen LogP contribution in [-0.4, -0.2) is 61.4 Å². The highest BCUT2D eigenvalue weighted by Gasteiger charge is 2.07. The number of thiazole rings is 1. The molecule has 0 aliphatic rings. The molecule has 0 atom stereocenters. The molecule has 0 unspecified atom stereocenters. The van der Waals surface area contributed by atoms with Crippen LogP contribution in [0.1, 0.15) is 9.67 Å². The van der Waals surface area contributed by atoms with Crippen LogP contribution < -0.4 is 5.32 Å². The third-order valence-electron chi connectivity index (χ3n) is 2.16. The van der Waals surface area contributed by atoms with Crippen molar-refractivity contribution in [2.75, 3.05) is 45.7 Å². The molecule has 0 spiro atoms. The van der Waals surface area contributed by atoms with E-state index in [9.17, 15) is 4.79 Å². The highest BCUT2D eigenvalue weighted by Crippen LogP contribution is 2.17. The molecule has 0 aliphatic carbocycles. The molecule has 2 N–H and O–H groups in total. The fourth-order valence-corrected chi connectivity index (χ4v) is 1.85. The molecule has 17 heavy (non-hydrogen) atoms. The number of ether oxygens (including phenoxy) is 1. The molecule has 1 aromatic rings. The van der Waals surface area contributed by atoms with Gasteiger partial charge in [-0.3, -0.25) is 0 Å². The molecule has 96 valence electrons. The lowest BCUT2D eigenvalue weighted by Crippen LogP contribution is -2.28. The summed E-state index contributed by atoms with van der Waals surface area (Å²) in [6, 6.07) is 0. The molecule has 0 amide bonds. The Morgan fingerprint density at radius 3 is 3.00 bits per heavy atom. The van der Waals surface area contributed by atoms with Crippen molar-refractivity contribution in [3.63, 3.8) is 0 Å². The largest absolute Gasteiger partial charge is 0.477 e. The Kier molecular flexibility index (Phi) is 5.88. The molecule has 0 aromatic carbocycles. The number of likely N-dealkylation sites (N-methyl/N-ethyl adjacent to an activating group) is 1. The van der Waals surface area contributed by atoms with Crippen molar-refractivity contribution >= 4 is 22.4 Å². The van der Waals surface area contributed by atoms with Crippen LogP contribution in [0.4, 0.5) is 5.13 Å². The minimum absolute atomic E-state index is 0.250. The number of hydrogen-bond acceptors (Lipinski definition) is 6. The number of nitrogens with one attached hydrogen (secondary N) is 1. The van der Waals surface area contributed by atoms with Gasteiger partial charge in [0.15, 0.2) is 5.13 Å². The van der Waals surface area contributed by atoms with Gasteiger partial charge in [-0.2, -0.15) is 0 Å². The normalized spacial score (nSPS) is 10.8. The van der Waals surface area contributed by atoms with E-state index in [2.05, 4.69) is 15.2 Å². The molecule has 0 aliphatic heterocycles. The zero-order valence-corrected chi connectivity index (χ0v) is 10.8. The Balaban J connectivity index is 2.23. The van der Waals surface area contributed by atoms with Crippen molar-refractivity contribution in [1.29, 1.82) is 0 Å². The minimum atomic E-state index is -0.937. The smallest absolute Gasteiger partial charge is 0.347 e. The van der Waals surface area contributed by atoms with Crippen molar-refractivity contribution in [1.82, 2.24) is 9.88 Å².